The standard InChI is InChI=1S/C18H20N4O3S/c1-11-19-16-17(26-11)15(13-8-5-9-25-13)21-22(18(16)24)10-14(23)20-12-6-3-2-4-7-12/h5,8-9,12H,2-4,6-7,10H2,1H3,(H,20,23). The molecule has 0 aliphatic heterocycles. The maximum absolute atomic E-state index is 12.7. The highest BCUT2D eigenvalue weighted by Gasteiger charge is 2.20. The second kappa shape index (κ2) is 7.03. The molecule has 3 aromatic rings. The number of carbonyl (C=O) groups is 1. The van der Waals surface area contributed by atoms with E-state index in [9.17, 15) is 9.59 Å². The van der Waals surface area contributed by atoms with Crippen LogP contribution in [0.25, 0.3) is 21.7 Å². The van der Waals surface area contributed by atoms with Gasteiger partial charge >= 0.3 is 0 Å². The maximum atomic E-state index is 12.7. The Morgan fingerprint density at radius 2 is 2.19 bits per heavy atom. The number of fused-ring (bicyclic) bond motifs is 1. The average molecular weight is 372 g/mol. The number of aryl methyl sites for hydroxylation is 1. The van der Waals surface area contributed by atoms with E-state index in [-0.39, 0.29) is 24.1 Å². The molecule has 3 heterocycles. The van der Waals surface area contributed by atoms with Crippen LogP contribution in [0.3, 0.4) is 0 Å². The van der Waals surface area contributed by atoms with E-state index in [2.05, 4.69) is 15.4 Å². The first-order valence-corrected chi connectivity index (χ1v) is 9.65. The van der Waals surface area contributed by atoms with Gasteiger partial charge in [0, 0.05) is 6.04 Å². The number of nitrogens with zero attached hydrogens (tertiary/aromatic N) is 3. The van der Waals surface area contributed by atoms with Crippen LogP contribution in [0.4, 0.5) is 0 Å². The summed E-state index contributed by atoms with van der Waals surface area (Å²) in [5.41, 5.74) is 0.526. The van der Waals surface area contributed by atoms with E-state index in [0.717, 1.165) is 30.7 Å². The molecular formula is C18H20N4O3S. The number of aromatic nitrogens is 3. The quantitative estimate of drug-likeness (QED) is 0.760. The number of rotatable bonds is 4. The molecule has 7 nitrogen and oxygen atoms in total. The minimum atomic E-state index is -0.349. The largest absolute Gasteiger partial charge is 0.463 e. The third kappa shape index (κ3) is 3.29. The third-order valence-electron chi connectivity index (χ3n) is 4.63. The number of carbonyl (C=O) groups excluding carboxylic acids is 1. The van der Waals surface area contributed by atoms with E-state index in [4.69, 9.17) is 4.42 Å². The lowest BCUT2D eigenvalue weighted by Gasteiger charge is -2.22. The van der Waals surface area contributed by atoms with Crippen molar-refractivity contribution in [2.75, 3.05) is 0 Å². The average Bonchev–Trinajstić information content (AvgIpc) is 3.28. The lowest BCUT2D eigenvalue weighted by atomic mass is 9.95. The van der Waals surface area contributed by atoms with Crippen molar-refractivity contribution in [1.82, 2.24) is 20.1 Å². The zero-order valence-corrected chi connectivity index (χ0v) is 15.3. The van der Waals surface area contributed by atoms with Crippen LogP contribution in [0.5, 0.6) is 0 Å². The molecule has 1 amide bonds. The molecule has 0 aromatic carbocycles. The summed E-state index contributed by atoms with van der Waals surface area (Å²) in [5.74, 6) is 0.364. The number of furan rings is 1. The minimum absolute atomic E-state index is 0.116. The summed E-state index contributed by atoms with van der Waals surface area (Å²) < 4.78 is 7.34. The lowest BCUT2D eigenvalue weighted by Crippen LogP contribution is -2.40. The number of nitrogens with one attached hydrogen (secondary N) is 1. The SMILES string of the molecule is Cc1nc2c(=O)n(CC(=O)NC3CCCCC3)nc(-c3ccco3)c2s1. The van der Waals surface area contributed by atoms with E-state index >= 15 is 0 Å². The molecule has 136 valence electrons. The van der Waals surface area contributed by atoms with Crippen LogP contribution in [-0.4, -0.2) is 26.7 Å². The molecule has 8 heteroatoms. The highest BCUT2D eigenvalue weighted by atomic mass is 32.1. The number of amides is 1. The highest BCUT2D eigenvalue weighted by molar-refractivity contribution is 7.19. The van der Waals surface area contributed by atoms with Crippen LogP contribution in [0.15, 0.2) is 27.6 Å². The summed E-state index contributed by atoms with van der Waals surface area (Å²) in [6, 6.07) is 3.75. The topological polar surface area (TPSA) is 90.0 Å². The van der Waals surface area contributed by atoms with Gasteiger partial charge < -0.3 is 9.73 Å². The zero-order valence-electron chi connectivity index (χ0n) is 14.5. The Balaban J connectivity index is 1.67. The van der Waals surface area contributed by atoms with Crippen molar-refractivity contribution in [3.05, 3.63) is 33.8 Å². The Hall–Kier alpha value is -2.48. The van der Waals surface area contributed by atoms with Crippen molar-refractivity contribution in [3.63, 3.8) is 0 Å². The van der Waals surface area contributed by atoms with Crippen molar-refractivity contribution < 1.29 is 9.21 Å². The van der Waals surface area contributed by atoms with Gasteiger partial charge in [0.25, 0.3) is 5.56 Å². The van der Waals surface area contributed by atoms with Gasteiger partial charge in [-0.05, 0) is 31.9 Å². The molecule has 1 fully saturated rings. The van der Waals surface area contributed by atoms with Gasteiger partial charge in [-0.2, -0.15) is 5.10 Å². The van der Waals surface area contributed by atoms with Gasteiger partial charge in [-0.15, -0.1) is 11.3 Å². The molecule has 0 spiro atoms. The van der Waals surface area contributed by atoms with Crippen LogP contribution in [0, 0.1) is 6.92 Å². The first kappa shape index (κ1) is 17.0. The predicted molar refractivity (Wildman–Crippen MR) is 99.1 cm³/mol. The first-order valence-electron chi connectivity index (χ1n) is 8.83. The van der Waals surface area contributed by atoms with Crippen molar-refractivity contribution >= 4 is 27.5 Å². The molecule has 4 rings (SSSR count). The first-order chi connectivity index (χ1) is 12.6. The molecule has 26 heavy (non-hydrogen) atoms. The lowest BCUT2D eigenvalue weighted by molar-refractivity contribution is -0.122. The molecule has 0 radical (unpaired) electrons. The summed E-state index contributed by atoms with van der Waals surface area (Å²) in [4.78, 5) is 29.5. The van der Waals surface area contributed by atoms with Crippen molar-refractivity contribution in [3.8, 4) is 11.5 Å². The molecule has 0 atom stereocenters. The van der Waals surface area contributed by atoms with Crippen molar-refractivity contribution in [2.24, 2.45) is 0 Å². The van der Waals surface area contributed by atoms with E-state index in [1.54, 1.807) is 18.4 Å². The Labute approximate surface area is 154 Å². The Morgan fingerprint density at radius 3 is 2.92 bits per heavy atom. The van der Waals surface area contributed by atoms with E-state index in [1.165, 1.54) is 22.4 Å². The van der Waals surface area contributed by atoms with Gasteiger partial charge in [0.15, 0.2) is 11.3 Å². The molecule has 1 aliphatic rings. The molecule has 0 bridgehead atoms. The monoisotopic (exact) mass is 372 g/mol. The van der Waals surface area contributed by atoms with Crippen LogP contribution >= 0.6 is 11.3 Å². The van der Waals surface area contributed by atoms with Gasteiger partial charge in [-0.25, -0.2) is 9.67 Å². The fourth-order valence-corrected chi connectivity index (χ4v) is 4.30. The molecule has 1 N–H and O–H groups in total. The van der Waals surface area contributed by atoms with Crippen molar-refractivity contribution in [2.45, 2.75) is 51.6 Å². The predicted octanol–water partition coefficient (Wildman–Crippen LogP) is 2.87. The smallest absolute Gasteiger partial charge is 0.294 e. The van der Waals surface area contributed by atoms with Gasteiger partial charge in [0.05, 0.1) is 16.0 Å². The summed E-state index contributed by atoms with van der Waals surface area (Å²) in [6.07, 6.45) is 7.04. The Morgan fingerprint density at radius 1 is 1.38 bits per heavy atom. The van der Waals surface area contributed by atoms with Gasteiger partial charge in [0.2, 0.25) is 5.91 Å². The highest BCUT2D eigenvalue weighted by Crippen LogP contribution is 2.29. The second-order valence-corrected chi connectivity index (χ2v) is 7.80. The summed E-state index contributed by atoms with van der Waals surface area (Å²) in [6.45, 7) is 1.73. The van der Waals surface area contributed by atoms with Gasteiger partial charge in [-0.3, -0.25) is 9.59 Å². The van der Waals surface area contributed by atoms with Crippen LogP contribution in [-0.2, 0) is 11.3 Å². The summed E-state index contributed by atoms with van der Waals surface area (Å²) >= 11 is 1.40. The van der Waals surface area contributed by atoms with E-state index in [0.29, 0.717) is 21.7 Å². The van der Waals surface area contributed by atoms with Gasteiger partial charge in [0.1, 0.15) is 12.2 Å². The second-order valence-electron chi connectivity index (χ2n) is 6.60. The summed E-state index contributed by atoms with van der Waals surface area (Å²) in [7, 11) is 0. The molecular weight excluding hydrogens is 352 g/mol. The zero-order chi connectivity index (χ0) is 18.1. The molecule has 1 saturated carbocycles. The fourth-order valence-electron chi connectivity index (χ4n) is 3.40. The number of hydrogen-bond acceptors (Lipinski definition) is 6. The van der Waals surface area contributed by atoms with Crippen LogP contribution < -0.4 is 10.9 Å². The van der Waals surface area contributed by atoms with Crippen LogP contribution in [0.1, 0.15) is 37.1 Å². The Bertz CT molecular complexity index is 984. The van der Waals surface area contributed by atoms with E-state index in [1.807, 2.05) is 6.92 Å². The van der Waals surface area contributed by atoms with Crippen LogP contribution in [0.2, 0.25) is 0 Å². The number of hydrogen-bond donors (Lipinski definition) is 1. The molecule has 3 aromatic heterocycles. The van der Waals surface area contributed by atoms with Gasteiger partial charge in [-0.1, -0.05) is 19.3 Å². The minimum Gasteiger partial charge on any atom is -0.463 e. The third-order valence-corrected chi connectivity index (χ3v) is 5.60. The molecule has 0 unspecified atom stereocenters. The Kier molecular flexibility index (Phi) is 4.58. The van der Waals surface area contributed by atoms with E-state index < -0.39 is 0 Å². The summed E-state index contributed by atoms with van der Waals surface area (Å²) in [5, 5.41) is 8.21. The molecule has 0 saturated heterocycles. The normalized spacial score (nSPS) is 15.4. The fraction of sp³-hybridized carbons (Fsp3) is 0.444. The maximum Gasteiger partial charge on any atom is 0.294 e. The van der Waals surface area contributed by atoms with Crippen molar-refractivity contribution in [1.29, 1.82) is 0 Å². The number of thiazole rings is 1. The molecule has 1 aliphatic carbocycles.